The minimum atomic E-state index is -0.307. The standard InChI is InChI=1S/C24H31N5O2/c1-3-20(27(14-5-13-25)23(30)19-11-7-17(2)8-12-19)22-26-29-15-4-6-21(29)24(31)28(22)16-18-9-10-18/h4,6-8,11-12,15,18,20H,3,5,9-10,13-14,16,25H2,1-2H3. The van der Waals surface area contributed by atoms with Gasteiger partial charge in [-0.15, -0.1) is 0 Å². The number of carbonyl (C=O) groups is 1. The van der Waals surface area contributed by atoms with Crippen molar-refractivity contribution in [2.45, 2.75) is 52.1 Å². The number of carbonyl (C=O) groups excluding carboxylic acids is 1. The molecule has 2 heterocycles. The predicted octanol–water partition coefficient (Wildman–Crippen LogP) is 3.16. The van der Waals surface area contributed by atoms with Crippen molar-refractivity contribution in [3.63, 3.8) is 0 Å². The summed E-state index contributed by atoms with van der Waals surface area (Å²) in [5, 5.41) is 4.82. The lowest BCUT2D eigenvalue weighted by Crippen LogP contribution is -2.40. The first-order valence-electron chi connectivity index (χ1n) is 11.2. The minimum Gasteiger partial charge on any atom is -0.330 e. The Balaban J connectivity index is 1.79. The van der Waals surface area contributed by atoms with E-state index in [0.29, 0.717) is 55.3 Å². The first-order valence-corrected chi connectivity index (χ1v) is 11.2. The maximum absolute atomic E-state index is 13.5. The molecule has 2 N–H and O–H groups in total. The Morgan fingerprint density at radius 3 is 2.65 bits per heavy atom. The van der Waals surface area contributed by atoms with E-state index in [1.807, 2.05) is 49.1 Å². The molecule has 2 aromatic heterocycles. The van der Waals surface area contributed by atoms with Crippen molar-refractivity contribution in [3.05, 3.63) is 69.9 Å². The molecule has 1 aliphatic carbocycles. The summed E-state index contributed by atoms with van der Waals surface area (Å²) >= 11 is 0. The number of hydrogen-bond donors (Lipinski definition) is 1. The van der Waals surface area contributed by atoms with Gasteiger partial charge in [0, 0.05) is 24.8 Å². The predicted molar refractivity (Wildman–Crippen MR) is 121 cm³/mol. The summed E-state index contributed by atoms with van der Waals surface area (Å²) in [6.07, 6.45) is 5.40. The number of benzene rings is 1. The van der Waals surface area contributed by atoms with E-state index in [0.717, 1.165) is 18.4 Å². The van der Waals surface area contributed by atoms with Gasteiger partial charge in [0.2, 0.25) is 0 Å². The van der Waals surface area contributed by atoms with Crippen LogP contribution in [0.1, 0.15) is 60.4 Å². The van der Waals surface area contributed by atoms with Crippen molar-refractivity contribution in [1.82, 2.24) is 19.1 Å². The van der Waals surface area contributed by atoms with E-state index in [9.17, 15) is 9.59 Å². The smallest absolute Gasteiger partial charge is 0.277 e. The minimum absolute atomic E-state index is 0.0399. The van der Waals surface area contributed by atoms with Gasteiger partial charge in [0.05, 0.1) is 6.04 Å². The Labute approximate surface area is 182 Å². The molecule has 3 aromatic rings. The van der Waals surface area contributed by atoms with E-state index in [1.165, 1.54) is 0 Å². The summed E-state index contributed by atoms with van der Waals surface area (Å²) in [5.74, 6) is 1.11. The lowest BCUT2D eigenvalue weighted by atomic mass is 10.1. The zero-order valence-electron chi connectivity index (χ0n) is 18.3. The summed E-state index contributed by atoms with van der Waals surface area (Å²) in [6, 6.07) is 10.9. The topological polar surface area (TPSA) is 85.6 Å². The lowest BCUT2D eigenvalue weighted by molar-refractivity contribution is 0.0653. The van der Waals surface area contributed by atoms with Gasteiger partial charge in [-0.3, -0.25) is 14.2 Å². The third-order valence-corrected chi connectivity index (χ3v) is 6.04. The fourth-order valence-corrected chi connectivity index (χ4v) is 4.08. The second kappa shape index (κ2) is 9.06. The van der Waals surface area contributed by atoms with Crippen LogP contribution in [-0.4, -0.2) is 38.1 Å². The SMILES string of the molecule is CCC(c1nn2cccc2c(=O)n1CC1CC1)N(CCCN)C(=O)c1ccc(C)cc1. The van der Waals surface area contributed by atoms with Crippen LogP contribution in [0.15, 0.2) is 47.4 Å². The van der Waals surface area contributed by atoms with Gasteiger partial charge in [0.1, 0.15) is 5.52 Å². The fraction of sp³-hybridized carbons (Fsp3) is 0.458. The Hall–Kier alpha value is -2.93. The zero-order chi connectivity index (χ0) is 22.0. The van der Waals surface area contributed by atoms with Crippen LogP contribution in [0.3, 0.4) is 0 Å². The second-order valence-corrected chi connectivity index (χ2v) is 8.49. The average Bonchev–Trinajstić information content (AvgIpc) is 3.47. The first-order chi connectivity index (χ1) is 15.0. The Bertz CT molecular complexity index is 1110. The van der Waals surface area contributed by atoms with Crippen LogP contribution in [0.25, 0.3) is 5.52 Å². The van der Waals surface area contributed by atoms with Gasteiger partial charge in [0.25, 0.3) is 11.5 Å². The quantitative estimate of drug-likeness (QED) is 0.575. The average molecular weight is 422 g/mol. The molecule has 164 valence electrons. The second-order valence-electron chi connectivity index (χ2n) is 8.49. The van der Waals surface area contributed by atoms with Gasteiger partial charge in [-0.05, 0) is 69.3 Å². The lowest BCUT2D eigenvalue weighted by Gasteiger charge is -2.32. The van der Waals surface area contributed by atoms with Crippen molar-refractivity contribution < 1.29 is 4.79 Å². The van der Waals surface area contributed by atoms with Crippen LogP contribution >= 0.6 is 0 Å². The molecular weight excluding hydrogens is 390 g/mol. The third kappa shape index (κ3) is 4.42. The van der Waals surface area contributed by atoms with E-state index < -0.39 is 0 Å². The molecule has 0 aliphatic heterocycles. The highest BCUT2D eigenvalue weighted by Gasteiger charge is 2.31. The molecule has 7 nitrogen and oxygen atoms in total. The van der Waals surface area contributed by atoms with Gasteiger partial charge in [-0.2, -0.15) is 5.10 Å². The number of fused-ring (bicyclic) bond motifs is 1. The van der Waals surface area contributed by atoms with Gasteiger partial charge in [-0.1, -0.05) is 24.6 Å². The zero-order valence-corrected chi connectivity index (χ0v) is 18.3. The molecule has 1 fully saturated rings. The van der Waals surface area contributed by atoms with E-state index in [2.05, 4.69) is 0 Å². The van der Waals surface area contributed by atoms with Crippen molar-refractivity contribution in [2.24, 2.45) is 11.7 Å². The molecule has 0 spiro atoms. The molecule has 7 heteroatoms. The number of aryl methyl sites for hydroxylation is 1. The Kier molecular flexibility index (Phi) is 6.23. The molecule has 0 radical (unpaired) electrons. The van der Waals surface area contributed by atoms with Crippen molar-refractivity contribution >= 4 is 11.4 Å². The molecule has 4 rings (SSSR count). The highest BCUT2D eigenvalue weighted by atomic mass is 16.2. The van der Waals surface area contributed by atoms with Crippen LogP contribution in [0.4, 0.5) is 0 Å². The summed E-state index contributed by atoms with van der Waals surface area (Å²) in [4.78, 5) is 28.7. The molecule has 1 aliphatic rings. The maximum Gasteiger partial charge on any atom is 0.277 e. The number of hydrogen-bond acceptors (Lipinski definition) is 4. The highest BCUT2D eigenvalue weighted by molar-refractivity contribution is 5.94. The van der Waals surface area contributed by atoms with E-state index in [-0.39, 0.29) is 17.5 Å². The monoisotopic (exact) mass is 421 g/mol. The number of rotatable bonds is 9. The molecule has 1 amide bonds. The van der Waals surface area contributed by atoms with Crippen molar-refractivity contribution in [1.29, 1.82) is 0 Å². The van der Waals surface area contributed by atoms with Crippen LogP contribution in [0, 0.1) is 12.8 Å². The van der Waals surface area contributed by atoms with Crippen molar-refractivity contribution in [3.8, 4) is 0 Å². The van der Waals surface area contributed by atoms with E-state index in [4.69, 9.17) is 10.8 Å². The molecule has 1 saturated carbocycles. The molecule has 0 saturated heterocycles. The molecule has 1 unspecified atom stereocenters. The first kappa shape index (κ1) is 21.3. The number of nitrogens with zero attached hydrogens (tertiary/aromatic N) is 4. The highest BCUT2D eigenvalue weighted by Crippen LogP contribution is 2.32. The largest absolute Gasteiger partial charge is 0.330 e. The molecule has 0 bridgehead atoms. The maximum atomic E-state index is 13.5. The normalized spacial score (nSPS) is 14.7. The number of aromatic nitrogens is 3. The van der Waals surface area contributed by atoms with Gasteiger partial charge >= 0.3 is 0 Å². The number of nitrogens with two attached hydrogens (primary N) is 1. The molecule has 1 aromatic carbocycles. The van der Waals surface area contributed by atoms with Gasteiger partial charge in [0.15, 0.2) is 5.82 Å². The van der Waals surface area contributed by atoms with E-state index >= 15 is 0 Å². The van der Waals surface area contributed by atoms with Gasteiger partial charge in [-0.25, -0.2) is 4.52 Å². The fourth-order valence-electron chi connectivity index (χ4n) is 4.08. The van der Waals surface area contributed by atoms with Gasteiger partial charge < -0.3 is 10.6 Å². The molecular formula is C24H31N5O2. The third-order valence-electron chi connectivity index (χ3n) is 6.04. The number of amides is 1. The Morgan fingerprint density at radius 1 is 1.26 bits per heavy atom. The van der Waals surface area contributed by atoms with Crippen LogP contribution in [0.5, 0.6) is 0 Å². The summed E-state index contributed by atoms with van der Waals surface area (Å²) in [5.41, 5.74) is 8.06. The Morgan fingerprint density at radius 2 is 2.00 bits per heavy atom. The summed E-state index contributed by atoms with van der Waals surface area (Å²) < 4.78 is 3.44. The van der Waals surface area contributed by atoms with Crippen LogP contribution in [-0.2, 0) is 6.54 Å². The van der Waals surface area contributed by atoms with E-state index in [1.54, 1.807) is 21.3 Å². The van der Waals surface area contributed by atoms with Crippen LogP contribution < -0.4 is 11.3 Å². The summed E-state index contributed by atoms with van der Waals surface area (Å²) in [7, 11) is 0. The summed E-state index contributed by atoms with van der Waals surface area (Å²) in [6.45, 7) is 5.71. The van der Waals surface area contributed by atoms with Crippen LogP contribution in [0.2, 0.25) is 0 Å². The van der Waals surface area contributed by atoms with Crippen molar-refractivity contribution in [2.75, 3.05) is 13.1 Å². The molecule has 1 atom stereocenters. The molecule has 31 heavy (non-hydrogen) atoms.